The maximum atomic E-state index is 11.6. The van der Waals surface area contributed by atoms with E-state index in [0.29, 0.717) is 17.7 Å². The summed E-state index contributed by atoms with van der Waals surface area (Å²) in [5.41, 5.74) is 0.709. The van der Waals surface area contributed by atoms with E-state index in [9.17, 15) is 4.79 Å². The number of carbonyl (C=O) groups excluding carboxylic acids is 1. The first-order chi connectivity index (χ1) is 8.63. The molecule has 4 heteroatoms. The van der Waals surface area contributed by atoms with Gasteiger partial charge in [-0.05, 0) is 38.8 Å². The first kappa shape index (κ1) is 13.0. The molecule has 0 amide bonds. The van der Waals surface area contributed by atoms with Crippen molar-refractivity contribution in [1.29, 1.82) is 0 Å². The van der Waals surface area contributed by atoms with Gasteiger partial charge in [-0.15, -0.1) is 0 Å². The number of piperidine rings is 1. The highest BCUT2D eigenvalue weighted by molar-refractivity contribution is 5.98. The standard InChI is InChI=1S/C14H20N2O2/c1-10-9-12(18-3)6-8-16(10)14-13(11(2)17)5-4-7-15-14/h4-5,7,10,12H,6,8-9H2,1-3H3. The molecule has 98 valence electrons. The molecule has 0 radical (unpaired) electrons. The van der Waals surface area contributed by atoms with Gasteiger partial charge in [-0.3, -0.25) is 4.79 Å². The van der Waals surface area contributed by atoms with Gasteiger partial charge in [0.2, 0.25) is 0 Å². The number of aromatic nitrogens is 1. The van der Waals surface area contributed by atoms with Crippen molar-refractivity contribution in [3.63, 3.8) is 0 Å². The summed E-state index contributed by atoms with van der Waals surface area (Å²) in [5.74, 6) is 0.881. The molecule has 2 heterocycles. The zero-order chi connectivity index (χ0) is 13.1. The number of rotatable bonds is 3. The fourth-order valence-corrected chi connectivity index (χ4v) is 2.56. The second-order valence-corrected chi connectivity index (χ2v) is 4.86. The lowest BCUT2D eigenvalue weighted by Crippen LogP contribution is -2.44. The van der Waals surface area contributed by atoms with E-state index in [1.807, 2.05) is 12.1 Å². The molecule has 0 spiro atoms. The number of pyridine rings is 1. The van der Waals surface area contributed by atoms with E-state index in [2.05, 4.69) is 16.8 Å². The zero-order valence-electron chi connectivity index (χ0n) is 11.2. The molecule has 2 atom stereocenters. The Morgan fingerprint density at radius 3 is 2.94 bits per heavy atom. The molecule has 1 aliphatic heterocycles. The maximum absolute atomic E-state index is 11.6. The van der Waals surface area contributed by atoms with Gasteiger partial charge >= 0.3 is 0 Å². The molecule has 2 unspecified atom stereocenters. The van der Waals surface area contributed by atoms with E-state index in [0.717, 1.165) is 25.2 Å². The molecule has 0 N–H and O–H groups in total. The predicted octanol–water partition coefficient (Wildman–Crippen LogP) is 2.29. The van der Waals surface area contributed by atoms with E-state index >= 15 is 0 Å². The first-order valence-electron chi connectivity index (χ1n) is 6.39. The van der Waals surface area contributed by atoms with Crippen molar-refractivity contribution < 1.29 is 9.53 Å². The van der Waals surface area contributed by atoms with E-state index in [1.165, 1.54) is 0 Å². The van der Waals surface area contributed by atoms with Crippen LogP contribution in [0.5, 0.6) is 0 Å². The Morgan fingerprint density at radius 1 is 1.56 bits per heavy atom. The van der Waals surface area contributed by atoms with Crippen molar-refractivity contribution in [2.45, 2.75) is 38.8 Å². The Hall–Kier alpha value is -1.42. The highest BCUT2D eigenvalue weighted by atomic mass is 16.5. The summed E-state index contributed by atoms with van der Waals surface area (Å²) < 4.78 is 5.41. The topological polar surface area (TPSA) is 42.4 Å². The van der Waals surface area contributed by atoms with Crippen molar-refractivity contribution in [2.24, 2.45) is 0 Å². The van der Waals surface area contributed by atoms with Crippen molar-refractivity contribution in [3.8, 4) is 0 Å². The number of hydrogen-bond acceptors (Lipinski definition) is 4. The molecule has 1 saturated heterocycles. The third-order valence-electron chi connectivity index (χ3n) is 3.60. The van der Waals surface area contributed by atoms with E-state index in [1.54, 1.807) is 20.2 Å². The van der Waals surface area contributed by atoms with Crippen LogP contribution in [0.1, 0.15) is 37.0 Å². The number of methoxy groups -OCH3 is 1. The molecule has 18 heavy (non-hydrogen) atoms. The largest absolute Gasteiger partial charge is 0.381 e. The number of ketones is 1. The average Bonchev–Trinajstić information content (AvgIpc) is 2.38. The fourth-order valence-electron chi connectivity index (χ4n) is 2.56. The zero-order valence-corrected chi connectivity index (χ0v) is 11.2. The van der Waals surface area contributed by atoms with Crippen LogP contribution < -0.4 is 4.90 Å². The van der Waals surface area contributed by atoms with Crippen molar-refractivity contribution in [3.05, 3.63) is 23.9 Å². The summed E-state index contributed by atoms with van der Waals surface area (Å²) in [6.07, 6.45) is 4.02. The molecule has 1 aliphatic rings. The lowest BCUT2D eigenvalue weighted by Gasteiger charge is -2.38. The van der Waals surface area contributed by atoms with E-state index in [4.69, 9.17) is 4.74 Å². The van der Waals surface area contributed by atoms with Gasteiger partial charge < -0.3 is 9.64 Å². The van der Waals surface area contributed by atoms with Crippen LogP contribution in [0, 0.1) is 0 Å². The maximum Gasteiger partial charge on any atom is 0.163 e. The Balaban J connectivity index is 2.24. The Labute approximate surface area is 108 Å². The molecule has 2 rings (SSSR count). The highest BCUT2D eigenvalue weighted by Gasteiger charge is 2.28. The van der Waals surface area contributed by atoms with Gasteiger partial charge in [0, 0.05) is 25.9 Å². The molecular weight excluding hydrogens is 228 g/mol. The number of carbonyl (C=O) groups is 1. The minimum atomic E-state index is 0.0687. The third-order valence-corrected chi connectivity index (χ3v) is 3.60. The van der Waals surface area contributed by atoms with Crippen LogP contribution in [0.15, 0.2) is 18.3 Å². The molecule has 1 fully saturated rings. The van der Waals surface area contributed by atoms with Gasteiger partial charge in [-0.25, -0.2) is 4.98 Å². The van der Waals surface area contributed by atoms with Crippen LogP contribution in [0.2, 0.25) is 0 Å². The van der Waals surface area contributed by atoms with Crippen LogP contribution in [-0.4, -0.2) is 36.6 Å². The van der Waals surface area contributed by atoms with Gasteiger partial charge in [0.25, 0.3) is 0 Å². The minimum Gasteiger partial charge on any atom is -0.381 e. The van der Waals surface area contributed by atoms with Crippen LogP contribution in [0.4, 0.5) is 5.82 Å². The SMILES string of the molecule is COC1CCN(c2ncccc2C(C)=O)C(C)C1. The monoisotopic (exact) mass is 248 g/mol. The number of ether oxygens (including phenoxy) is 1. The molecule has 4 nitrogen and oxygen atoms in total. The second kappa shape index (κ2) is 5.48. The average molecular weight is 248 g/mol. The highest BCUT2D eigenvalue weighted by Crippen LogP contribution is 2.27. The molecule has 0 bridgehead atoms. The molecule has 1 aromatic heterocycles. The third kappa shape index (κ3) is 2.53. The van der Waals surface area contributed by atoms with Gasteiger partial charge in [0.1, 0.15) is 5.82 Å². The summed E-state index contributed by atoms with van der Waals surface area (Å²) in [6, 6.07) is 4.00. The van der Waals surface area contributed by atoms with Gasteiger partial charge in [0.05, 0.1) is 11.7 Å². The summed E-state index contributed by atoms with van der Waals surface area (Å²) in [5, 5.41) is 0. The number of hydrogen-bond donors (Lipinski definition) is 0. The van der Waals surface area contributed by atoms with Crippen molar-refractivity contribution in [2.75, 3.05) is 18.6 Å². The quantitative estimate of drug-likeness (QED) is 0.770. The summed E-state index contributed by atoms with van der Waals surface area (Å²) in [6.45, 7) is 4.63. The molecule has 0 aliphatic carbocycles. The molecule has 1 aromatic rings. The smallest absolute Gasteiger partial charge is 0.163 e. The van der Waals surface area contributed by atoms with Crippen LogP contribution in [0.3, 0.4) is 0 Å². The van der Waals surface area contributed by atoms with Gasteiger partial charge in [-0.2, -0.15) is 0 Å². The van der Waals surface area contributed by atoms with Gasteiger partial charge in [0.15, 0.2) is 5.78 Å². The first-order valence-corrected chi connectivity index (χ1v) is 6.39. The number of Topliss-reactive ketones (excluding diaryl/α,β-unsaturated/α-hetero) is 1. The van der Waals surface area contributed by atoms with E-state index in [-0.39, 0.29) is 5.78 Å². The lowest BCUT2D eigenvalue weighted by atomic mass is 9.99. The molecule has 0 aromatic carbocycles. The Bertz CT molecular complexity index is 434. The molecule has 0 saturated carbocycles. The van der Waals surface area contributed by atoms with Crippen LogP contribution in [0.25, 0.3) is 0 Å². The summed E-state index contributed by atoms with van der Waals surface area (Å²) >= 11 is 0. The Morgan fingerprint density at radius 2 is 2.33 bits per heavy atom. The lowest BCUT2D eigenvalue weighted by molar-refractivity contribution is 0.0719. The van der Waals surface area contributed by atoms with E-state index < -0.39 is 0 Å². The van der Waals surface area contributed by atoms with Gasteiger partial charge in [-0.1, -0.05) is 0 Å². The number of nitrogens with zero attached hydrogens (tertiary/aromatic N) is 2. The van der Waals surface area contributed by atoms with Crippen LogP contribution >= 0.6 is 0 Å². The summed E-state index contributed by atoms with van der Waals surface area (Å²) in [4.78, 5) is 18.2. The predicted molar refractivity (Wildman–Crippen MR) is 71.1 cm³/mol. The Kier molecular flexibility index (Phi) is 3.97. The summed E-state index contributed by atoms with van der Waals surface area (Å²) in [7, 11) is 1.76. The van der Waals surface area contributed by atoms with Crippen molar-refractivity contribution in [1.82, 2.24) is 4.98 Å². The normalized spacial score (nSPS) is 24.1. The fraction of sp³-hybridized carbons (Fsp3) is 0.571. The molecular formula is C14H20N2O2. The van der Waals surface area contributed by atoms with Crippen LogP contribution in [-0.2, 0) is 4.74 Å². The minimum absolute atomic E-state index is 0.0687. The van der Waals surface area contributed by atoms with Crippen molar-refractivity contribution >= 4 is 11.6 Å². The second-order valence-electron chi connectivity index (χ2n) is 4.86. The number of anilines is 1.